The third-order valence-electron chi connectivity index (χ3n) is 6.20. The van der Waals surface area contributed by atoms with Crippen LogP contribution in [0.3, 0.4) is 0 Å². The van der Waals surface area contributed by atoms with E-state index in [4.69, 9.17) is 0 Å². The number of carbonyl (C=O) groups excluding carboxylic acids is 2. The minimum atomic E-state index is -5.28. The highest BCUT2D eigenvalue weighted by Gasteiger charge is 2.52. The van der Waals surface area contributed by atoms with Gasteiger partial charge in [-0.3, -0.25) is 9.59 Å². The normalized spacial score (nSPS) is 21.5. The lowest BCUT2D eigenvalue weighted by Gasteiger charge is -2.30. The van der Waals surface area contributed by atoms with Gasteiger partial charge < -0.3 is 15.0 Å². The van der Waals surface area contributed by atoms with Gasteiger partial charge in [0.15, 0.2) is 16.4 Å². The molecule has 2 atom stereocenters. The van der Waals surface area contributed by atoms with Crippen LogP contribution in [0.25, 0.3) is 0 Å². The zero-order chi connectivity index (χ0) is 28.9. The lowest BCUT2D eigenvalue weighted by atomic mass is 9.94. The van der Waals surface area contributed by atoms with Gasteiger partial charge in [0.2, 0.25) is 11.8 Å². The zero-order valence-electron chi connectivity index (χ0n) is 20.5. The Morgan fingerprint density at radius 1 is 1.16 bits per heavy atom. The van der Waals surface area contributed by atoms with Gasteiger partial charge in [-0.1, -0.05) is 20.8 Å². The maximum absolute atomic E-state index is 13.8. The first-order valence-corrected chi connectivity index (χ1v) is 12.9. The standard InChI is InChI=1S/C23H25F6N3O5S/c1-20(2,3)19(34)32-10-14(9-16(32)18(33)31-21(11-30)6-7-21)38(35,36)17-5-4-13(37-12-22(24,25)26)8-15(17)23(27,28)29/h4-5,8,14,16H,6-7,9-10,12H2,1-3H3,(H,31,33)/t14-,16+/m1/s1. The summed E-state index contributed by atoms with van der Waals surface area (Å²) in [5, 5.41) is 10.1. The summed E-state index contributed by atoms with van der Waals surface area (Å²) in [6, 6.07) is 1.92. The minimum absolute atomic E-state index is 0.166. The van der Waals surface area contributed by atoms with E-state index in [1.54, 1.807) is 0 Å². The van der Waals surface area contributed by atoms with Crippen molar-refractivity contribution >= 4 is 21.7 Å². The summed E-state index contributed by atoms with van der Waals surface area (Å²) in [5.41, 5.74) is -3.95. The molecule has 8 nitrogen and oxygen atoms in total. The Hall–Kier alpha value is -3.02. The Morgan fingerprint density at radius 2 is 1.76 bits per heavy atom. The number of carbonyl (C=O) groups is 2. The molecule has 1 aromatic rings. The van der Waals surface area contributed by atoms with Gasteiger partial charge >= 0.3 is 12.4 Å². The van der Waals surface area contributed by atoms with Gasteiger partial charge in [-0.15, -0.1) is 0 Å². The molecular formula is C23H25F6N3O5S. The van der Waals surface area contributed by atoms with Crippen LogP contribution >= 0.6 is 0 Å². The van der Waals surface area contributed by atoms with Gasteiger partial charge in [0.1, 0.15) is 17.3 Å². The van der Waals surface area contributed by atoms with Crippen LogP contribution in [0.2, 0.25) is 0 Å². The molecule has 0 radical (unpaired) electrons. The predicted molar refractivity (Wildman–Crippen MR) is 119 cm³/mol. The number of ether oxygens (including phenoxy) is 1. The van der Waals surface area contributed by atoms with E-state index in [-0.39, 0.29) is 6.07 Å². The summed E-state index contributed by atoms with van der Waals surface area (Å²) in [6.07, 6.45) is -9.94. The van der Waals surface area contributed by atoms with Crippen molar-refractivity contribution in [3.63, 3.8) is 0 Å². The molecule has 0 spiro atoms. The fourth-order valence-corrected chi connectivity index (χ4v) is 5.94. The summed E-state index contributed by atoms with van der Waals surface area (Å²) in [6.45, 7) is 2.07. The van der Waals surface area contributed by atoms with Gasteiger partial charge in [-0.05, 0) is 37.5 Å². The number of hydrogen-bond donors (Lipinski definition) is 1. The SMILES string of the molecule is CC(C)(C)C(=O)N1C[C@H](S(=O)(=O)c2ccc(OCC(F)(F)F)cc2C(F)(F)F)C[C@H]1C(=O)NC1(C#N)CC1. The van der Waals surface area contributed by atoms with Crippen molar-refractivity contribution in [1.82, 2.24) is 10.2 Å². The first kappa shape index (κ1) is 29.5. The topological polar surface area (TPSA) is 117 Å². The van der Waals surface area contributed by atoms with E-state index in [2.05, 4.69) is 10.1 Å². The van der Waals surface area contributed by atoms with E-state index in [0.29, 0.717) is 25.0 Å². The number of halogens is 6. The van der Waals surface area contributed by atoms with Crippen molar-refractivity contribution in [2.24, 2.45) is 5.41 Å². The highest BCUT2D eigenvalue weighted by Crippen LogP contribution is 2.41. The maximum Gasteiger partial charge on any atom is 0.422 e. The molecule has 0 bridgehead atoms. The Kier molecular flexibility index (Phi) is 7.48. The van der Waals surface area contributed by atoms with Gasteiger partial charge in [-0.2, -0.15) is 31.6 Å². The van der Waals surface area contributed by atoms with E-state index in [1.807, 2.05) is 6.07 Å². The van der Waals surface area contributed by atoms with E-state index in [1.165, 1.54) is 20.8 Å². The monoisotopic (exact) mass is 569 g/mol. The molecule has 2 amide bonds. The number of nitrogens with one attached hydrogen (secondary N) is 1. The van der Waals surface area contributed by atoms with E-state index < -0.39 is 92.0 Å². The molecule has 1 aliphatic carbocycles. The molecule has 1 heterocycles. The molecule has 0 unspecified atom stereocenters. The molecule has 15 heteroatoms. The first-order valence-electron chi connectivity index (χ1n) is 11.4. The van der Waals surface area contributed by atoms with Crippen LogP contribution in [0.5, 0.6) is 5.75 Å². The molecular weight excluding hydrogens is 544 g/mol. The smallest absolute Gasteiger partial charge is 0.422 e. The molecule has 1 saturated carbocycles. The van der Waals surface area contributed by atoms with Gasteiger partial charge in [-0.25, -0.2) is 8.42 Å². The Balaban J connectivity index is 1.98. The summed E-state index contributed by atoms with van der Waals surface area (Å²) < 4.78 is 110. The van der Waals surface area contributed by atoms with Crippen LogP contribution in [0, 0.1) is 16.7 Å². The zero-order valence-corrected chi connectivity index (χ0v) is 21.4. The van der Waals surface area contributed by atoms with Crippen molar-refractivity contribution in [3.05, 3.63) is 23.8 Å². The second kappa shape index (κ2) is 9.62. The largest absolute Gasteiger partial charge is 0.484 e. The lowest BCUT2D eigenvalue weighted by molar-refractivity contribution is -0.153. The van der Waals surface area contributed by atoms with Crippen LogP contribution in [0.15, 0.2) is 23.1 Å². The molecule has 0 aromatic heterocycles. The summed E-state index contributed by atoms with van der Waals surface area (Å²) in [7, 11) is -4.86. The quantitative estimate of drug-likeness (QED) is 0.524. The fraction of sp³-hybridized carbons (Fsp3) is 0.609. The number of sulfone groups is 1. The van der Waals surface area contributed by atoms with Crippen LogP contribution in [-0.4, -0.2) is 61.3 Å². The average molecular weight is 570 g/mol. The van der Waals surface area contributed by atoms with Crippen molar-refractivity contribution < 1.29 is 49.1 Å². The Bertz CT molecular complexity index is 1260. The van der Waals surface area contributed by atoms with E-state index >= 15 is 0 Å². The number of hydrogen-bond acceptors (Lipinski definition) is 6. The third-order valence-corrected chi connectivity index (χ3v) is 8.39. The Labute approximate surface area is 214 Å². The number of likely N-dealkylation sites (tertiary alicyclic amines) is 1. The Morgan fingerprint density at radius 3 is 2.24 bits per heavy atom. The van der Waals surface area contributed by atoms with Crippen LogP contribution < -0.4 is 10.1 Å². The molecule has 3 rings (SSSR count). The highest BCUT2D eigenvalue weighted by molar-refractivity contribution is 7.92. The van der Waals surface area contributed by atoms with Gasteiger partial charge in [0.05, 0.1) is 21.8 Å². The van der Waals surface area contributed by atoms with Crippen molar-refractivity contribution in [2.45, 2.75) is 74.1 Å². The molecule has 210 valence electrons. The number of rotatable bonds is 6. The minimum Gasteiger partial charge on any atom is -0.484 e. The number of amides is 2. The number of nitriles is 1. The number of benzene rings is 1. The maximum atomic E-state index is 13.8. The van der Waals surface area contributed by atoms with Gasteiger partial charge in [0, 0.05) is 12.0 Å². The third kappa shape index (κ3) is 6.33. The molecule has 1 aliphatic heterocycles. The van der Waals surface area contributed by atoms with Crippen LogP contribution in [0.4, 0.5) is 26.3 Å². The summed E-state index contributed by atoms with van der Waals surface area (Å²) >= 11 is 0. The molecule has 38 heavy (non-hydrogen) atoms. The van der Waals surface area contributed by atoms with Crippen molar-refractivity contribution in [1.29, 1.82) is 5.26 Å². The average Bonchev–Trinajstić information content (AvgIpc) is 3.40. The predicted octanol–water partition coefficient (Wildman–Crippen LogP) is 3.61. The number of alkyl halides is 6. The molecule has 2 fully saturated rings. The van der Waals surface area contributed by atoms with Crippen molar-refractivity contribution in [3.8, 4) is 11.8 Å². The number of nitrogens with zero attached hydrogens (tertiary/aromatic N) is 2. The fourth-order valence-electron chi connectivity index (χ4n) is 4.05. The van der Waals surface area contributed by atoms with Crippen LogP contribution in [0.1, 0.15) is 45.6 Å². The summed E-state index contributed by atoms with van der Waals surface area (Å²) in [4.78, 5) is 25.8. The highest BCUT2D eigenvalue weighted by atomic mass is 32.2. The molecule has 2 aliphatic rings. The second-order valence-corrected chi connectivity index (χ2v) is 12.6. The van der Waals surface area contributed by atoms with E-state index in [0.717, 1.165) is 4.90 Å². The second-order valence-electron chi connectivity index (χ2n) is 10.4. The van der Waals surface area contributed by atoms with Crippen molar-refractivity contribution in [2.75, 3.05) is 13.2 Å². The molecule has 1 N–H and O–H groups in total. The molecule has 1 saturated heterocycles. The summed E-state index contributed by atoms with van der Waals surface area (Å²) in [5.74, 6) is -2.26. The van der Waals surface area contributed by atoms with Gasteiger partial charge in [0.25, 0.3) is 0 Å². The van der Waals surface area contributed by atoms with Crippen LogP contribution in [-0.2, 0) is 25.6 Å². The van der Waals surface area contributed by atoms with E-state index in [9.17, 15) is 49.6 Å². The lowest BCUT2D eigenvalue weighted by Crippen LogP contribution is -2.51. The molecule has 1 aromatic carbocycles. The first-order chi connectivity index (χ1) is 17.2.